The van der Waals surface area contributed by atoms with Crippen LogP contribution < -0.4 is 0 Å². The van der Waals surface area contributed by atoms with E-state index in [0.29, 0.717) is 19.4 Å². The van der Waals surface area contributed by atoms with E-state index < -0.39 is 35.0 Å². The third-order valence-electron chi connectivity index (χ3n) is 7.99. The van der Waals surface area contributed by atoms with Crippen LogP contribution in [0.1, 0.15) is 60.3 Å². The molecule has 8 nitrogen and oxygen atoms in total. The molecular weight excluding hydrogens is 424 g/mol. The van der Waals surface area contributed by atoms with Gasteiger partial charge in [0.25, 0.3) is 0 Å². The Hall–Kier alpha value is -1.93. The van der Waals surface area contributed by atoms with Crippen LogP contribution in [0.4, 0.5) is 0 Å². The van der Waals surface area contributed by atoms with Crippen LogP contribution in [0.2, 0.25) is 0 Å². The Morgan fingerprint density at radius 3 is 2.70 bits per heavy atom. The molecule has 0 aliphatic carbocycles. The van der Waals surface area contributed by atoms with Gasteiger partial charge in [0.2, 0.25) is 11.8 Å². The van der Waals surface area contributed by atoms with Crippen molar-refractivity contribution in [1.82, 2.24) is 9.80 Å². The van der Waals surface area contributed by atoms with E-state index in [2.05, 4.69) is 13.5 Å². The molecule has 8 heteroatoms. The lowest BCUT2D eigenvalue weighted by Gasteiger charge is -2.39. The minimum atomic E-state index is -1.08. The topological polar surface area (TPSA) is 96.4 Å². The predicted octanol–water partition coefficient (Wildman–Crippen LogP) is 2.15. The number of aliphatic hydroxyl groups excluding tert-OH is 1. The van der Waals surface area contributed by atoms with Crippen molar-refractivity contribution in [2.24, 2.45) is 17.8 Å². The second-order valence-corrected chi connectivity index (χ2v) is 9.98. The van der Waals surface area contributed by atoms with E-state index in [1.165, 1.54) is 0 Å². The smallest absolute Gasteiger partial charge is 0.312 e. The number of ether oxygens (including phenoxy) is 2. The van der Waals surface area contributed by atoms with E-state index in [-0.39, 0.29) is 43.5 Å². The van der Waals surface area contributed by atoms with Gasteiger partial charge in [0.15, 0.2) is 0 Å². The van der Waals surface area contributed by atoms with Crippen molar-refractivity contribution >= 4 is 17.8 Å². The summed E-state index contributed by atoms with van der Waals surface area (Å²) < 4.78 is 12.0. The Morgan fingerprint density at radius 2 is 2.12 bits per heavy atom. The lowest BCUT2D eigenvalue weighted by Crippen LogP contribution is -2.58. The molecule has 7 atom stereocenters. The number of esters is 1. The monoisotopic (exact) mass is 464 g/mol. The number of nitrogens with zero attached hydrogens (tertiary/aromatic N) is 2. The first-order valence-corrected chi connectivity index (χ1v) is 12.3. The van der Waals surface area contributed by atoms with Gasteiger partial charge < -0.3 is 24.4 Å². The average molecular weight is 465 g/mol. The highest BCUT2D eigenvalue weighted by atomic mass is 16.6. The van der Waals surface area contributed by atoms with Gasteiger partial charge in [-0.15, -0.1) is 6.58 Å². The third kappa shape index (κ3) is 3.89. The molecule has 3 aliphatic heterocycles. The Bertz CT molecular complexity index is 787. The van der Waals surface area contributed by atoms with Gasteiger partial charge in [-0.2, -0.15) is 0 Å². The zero-order valence-corrected chi connectivity index (χ0v) is 20.7. The molecule has 2 bridgehead atoms. The molecule has 33 heavy (non-hydrogen) atoms. The highest BCUT2D eigenvalue weighted by Gasteiger charge is 2.80. The summed E-state index contributed by atoms with van der Waals surface area (Å²) in [6, 6.07) is -0.872. The zero-order valence-electron chi connectivity index (χ0n) is 20.7. The normalized spacial score (nSPS) is 35.5. The van der Waals surface area contributed by atoms with Crippen LogP contribution in [-0.2, 0) is 23.9 Å². The molecule has 0 aromatic rings. The molecule has 3 fully saturated rings. The summed E-state index contributed by atoms with van der Waals surface area (Å²) in [7, 11) is 0. The first-order valence-electron chi connectivity index (χ1n) is 12.3. The lowest BCUT2D eigenvalue weighted by molar-refractivity contribution is -0.162. The molecule has 3 saturated heterocycles. The van der Waals surface area contributed by atoms with Crippen LogP contribution in [0, 0.1) is 17.8 Å². The SMILES string of the molecule is C=CCN(C(=O)C1N(CCCO)C(=O)[C@@H]2[C@@H](C(=O)OCC)[C@]3(C)OC12CC3C)C(C)CCC. The Morgan fingerprint density at radius 1 is 1.42 bits per heavy atom. The highest BCUT2D eigenvalue weighted by Crippen LogP contribution is 2.65. The van der Waals surface area contributed by atoms with Crippen LogP contribution in [0.25, 0.3) is 0 Å². The summed E-state index contributed by atoms with van der Waals surface area (Å²) in [6.45, 7) is 14.3. The van der Waals surface area contributed by atoms with Crippen LogP contribution in [-0.4, -0.2) is 82.3 Å². The van der Waals surface area contributed by atoms with Gasteiger partial charge in [-0.25, -0.2) is 0 Å². The summed E-state index contributed by atoms with van der Waals surface area (Å²) in [4.78, 5) is 44.3. The number of amides is 2. The van der Waals surface area contributed by atoms with E-state index in [4.69, 9.17) is 9.47 Å². The lowest BCUT2D eigenvalue weighted by atomic mass is 9.62. The number of hydrogen-bond donors (Lipinski definition) is 1. The zero-order chi connectivity index (χ0) is 24.6. The van der Waals surface area contributed by atoms with E-state index in [1.807, 2.05) is 20.8 Å². The maximum Gasteiger partial charge on any atom is 0.312 e. The fourth-order valence-electron chi connectivity index (χ4n) is 6.45. The number of rotatable bonds is 11. The summed E-state index contributed by atoms with van der Waals surface area (Å²) >= 11 is 0. The number of fused-ring (bicyclic) bond motifs is 1. The minimum Gasteiger partial charge on any atom is -0.466 e. The molecule has 4 unspecified atom stereocenters. The molecule has 186 valence electrons. The van der Waals surface area contributed by atoms with Gasteiger partial charge in [0.1, 0.15) is 17.6 Å². The van der Waals surface area contributed by atoms with Gasteiger partial charge in [0.05, 0.1) is 18.1 Å². The average Bonchev–Trinajstić information content (AvgIpc) is 3.27. The van der Waals surface area contributed by atoms with Crippen molar-refractivity contribution < 1.29 is 29.0 Å². The maximum atomic E-state index is 14.1. The fraction of sp³-hybridized carbons (Fsp3) is 0.800. The highest BCUT2D eigenvalue weighted by molar-refractivity contribution is 5.98. The molecule has 0 saturated carbocycles. The van der Waals surface area contributed by atoms with Gasteiger partial charge in [-0.05, 0) is 46.0 Å². The largest absolute Gasteiger partial charge is 0.466 e. The summed E-state index contributed by atoms with van der Waals surface area (Å²) in [5.41, 5.74) is -1.95. The van der Waals surface area contributed by atoms with Crippen molar-refractivity contribution in [2.75, 3.05) is 26.3 Å². The van der Waals surface area contributed by atoms with Crippen molar-refractivity contribution in [1.29, 1.82) is 0 Å². The first kappa shape index (κ1) is 25.7. The second-order valence-electron chi connectivity index (χ2n) is 9.98. The maximum absolute atomic E-state index is 14.1. The molecule has 0 radical (unpaired) electrons. The second kappa shape index (κ2) is 9.74. The van der Waals surface area contributed by atoms with Crippen molar-refractivity contribution in [3.63, 3.8) is 0 Å². The molecule has 3 aliphatic rings. The number of likely N-dealkylation sites (tertiary alicyclic amines) is 1. The van der Waals surface area contributed by atoms with Crippen molar-refractivity contribution in [3.8, 4) is 0 Å². The van der Waals surface area contributed by atoms with E-state index in [9.17, 15) is 19.5 Å². The fourth-order valence-corrected chi connectivity index (χ4v) is 6.45. The van der Waals surface area contributed by atoms with E-state index in [1.54, 1.807) is 22.8 Å². The number of carbonyl (C=O) groups is 3. The molecule has 0 aromatic heterocycles. The summed E-state index contributed by atoms with van der Waals surface area (Å²) in [5, 5.41) is 9.46. The minimum absolute atomic E-state index is 0.0232. The standard InChI is InChI=1S/C25H40N2O6/c1-7-11-17(5)26(12-8-2)22(30)20-25-15-16(4)24(6,33-25)19(23(31)32-9-3)18(25)21(29)27(20)13-10-14-28/h8,16-20,28H,2,7,9-15H2,1,3-6H3/t16?,17?,18-,19-,20?,24+,25?/m0/s1. The molecule has 3 rings (SSSR count). The van der Waals surface area contributed by atoms with Crippen LogP contribution in [0.5, 0.6) is 0 Å². The van der Waals surface area contributed by atoms with Gasteiger partial charge in [-0.1, -0.05) is 26.3 Å². The summed E-state index contributed by atoms with van der Waals surface area (Å²) in [6.07, 6.45) is 4.32. The van der Waals surface area contributed by atoms with Gasteiger partial charge in [0, 0.05) is 25.7 Å². The van der Waals surface area contributed by atoms with Crippen molar-refractivity contribution in [2.45, 2.75) is 83.6 Å². The molecule has 1 spiro atoms. The quantitative estimate of drug-likeness (QED) is 0.372. The van der Waals surface area contributed by atoms with Crippen LogP contribution in [0.3, 0.4) is 0 Å². The number of carbonyl (C=O) groups excluding carboxylic acids is 3. The third-order valence-corrected chi connectivity index (χ3v) is 7.99. The molecule has 3 heterocycles. The van der Waals surface area contributed by atoms with Gasteiger partial charge in [-0.3, -0.25) is 14.4 Å². The van der Waals surface area contributed by atoms with E-state index >= 15 is 0 Å². The molecule has 1 N–H and O–H groups in total. The first-order chi connectivity index (χ1) is 15.6. The molecule has 2 amide bonds. The Balaban J connectivity index is 2.09. The molecule has 0 aromatic carbocycles. The van der Waals surface area contributed by atoms with E-state index in [0.717, 1.165) is 12.8 Å². The Kier molecular flexibility index (Phi) is 7.58. The number of aliphatic hydroxyl groups is 1. The predicted molar refractivity (Wildman–Crippen MR) is 123 cm³/mol. The summed E-state index contributed by atoms with van der Waals surface area (Å²) in [5.74, 6) is -2.42. The molecular formula is C25H40N2O6. The Labute approximate surface area is 197 Å². The number of hydrogen-bond acceptors (Lipinski definition) is 6. The van der Waals surface area contributed by atoms with Crippen LogP contribution in [0.15, 0.2) is 12.7 Å². The van der Waals surface area contributed by atoms with Crippen molar-refractivity contribution in [3.05, 3.63) is 12.7 Å². The van der Waals surface area contributed by atoms with Gasteiger partial charge >= 0.3 is 5.97 Å². The van der Waals surface area contributed by atoms with Crippen LogP contribution >= 0.6 is 0 Å².